The first-order chi connectivity index (χ1) is 7.97. The van der Waals surface area contributed by atoms with Gasteiger partial charge in [-0.05, 0) is 29.2 Å². The van der Waals surface area contributed by atoms with Crippen molar-refractivity contribution in [2.75, 3.05) is 0 Å². The van der Waals surface area contributed by atoms with Gasteiger partial charge in [-0.3, -0.25) is 4.98 Å². The Kier molecular flexibility index (Phi) is 3.34. The maximum Gasteiger partial charge on any atom is 0.0702 e. The van der Waals surface area contributed by atoms with Crippen molar-refractivity contribution in [2.24, 2.45) is 0 Å². The number of benzene rings is 1. The fourth-order valence-electron chi connectivity index (χ4n) is 1.66. The minimum Gasteiger partial charge on any atom is -0.256 e. The average Bonchev–Trinajstić information content (AvgIpc) is 2.28. The minimum absolute atomic E-state index is 0.156. The highest BCUT2D eigenvalue weighted by Crippen LogP contribution is 2.25. The molecule has 1 aromatic heterocycles. The molecule has 0 aliphatic rings. The standard InChI is InChI=1S/C15H16BrN/c1-15(2,3)12-7-8-14(17-10-12)11-5-4-6-13(16)9-11/h4-10H,1-3H3. The number of pyridine rings is 1. The first-order valence-electron chi connectivity index (χ1n) is 5.69. The van der Waals surface area contributed by atoms with Crippen LogP contribution >= 0.6 is 15.9 Å². The van der Waals surface area contributed by atoms with Gasteiger partial charge in [0.05, 0.1) is 5.69 Å². The van der Waals surface area contributed by atoms with Gasteiger partial charge in [0.25, 0.3) is 0 Å². The van der Waals surface area contributed by atoms with E-state index in [0.717, 1.165) is 15.7 Å². The number of halogens is 1. The van der Waals surface area contributed by atoms with E-state index in [1.807, 2.05) is 18.3 Å². The minimum atomic E-state index is 0.156. The predicted octanol–water partition coefficient (Wildman–Crippen LogP) is 4.81. The second-order valence-corrected chi connectivity index (χ2v) is 6.11. The number of hydrogen-bond acceptors (Lipinski definition) is 1. The summed E-state index contributed by atoms with van der Waals surface area (Å²) in [6.45, 7) is 6.59. The summed E-state index contributed by atoms with van der Waals surface area (Å²) in [6, 6.07) is 12.4. The Morgan fingerprint density at radius 1 is 1.06 bits per heavy atom. The number of rotatable bonds is 1. The van der Waals surface area contributed by atoms with Crippen LogP contribution in [0.25, 0.3) is 11.3 Å². The molecule has 0 aliphatic heterocycles. The Morgan fingerprint density at radius 2 is 1.82 bits per heavy atom. The monoisotopic (exact) mass is 289 g/mol. The molecule has 0 unspecified atom stereocenters. The number of hydrogen-bond donors (Lipinski definition) is 0. The van der Waals surface area contributed by atoms with Crippen LogP contribution in [0.3, 0.4) is 0 Å². The lowest BCUT2D eigenvalue weighted by atomic mass is 9.88. The Morgan fingerprint density at radius 3 is 2.35 bits per heavy atom. The molecule has 0 bridgehead atoms. The van der Waals surface area contributed by atoms with Gasteiger partial charge in [0.2, 0.25) is 0 Å². The van der Waals surface area contributed by atoms with Crippen molar-refractivity contribution in [3.05, 3.63) is 52.6 Å². The van der Waals surface area contributed by atoms with Crippen LogP contribution in [0, 0.1) is 0 Å². The molecule has 0 fully saturated rings. The first-order valence-corrected chi connectivity index (χ1v) is 6.48. The van der Waals surface area contributed by atoms with Gasteiger partial charge in [-0.2, -0.15) is 0 Å². The van der Waals surface area contributed by atoms with E-state index >= 15 is 0 Å². The van der Waals surface area contributed by atoms with E-state index in [9.17, 15) is 0 Å². The molecule has 0 N–H and O–H groups in total. The van der Waals surface area contributed by atoms with Gasteiger partial charge in [0.1, 0.15) is 0 Å². The Bertz CT molecular complexity index is 509. The van der Waals surface area contributed by atoms with Gasteiger partial charge in [-0.1, -0.05) is 54.9 Å². The van der Waals surface area contributed by atoms with Crippen LogP contribution in [0.15, 0.2) is 47.1 Å². The van der Waals surface area contributed by atoms with Gasteiger partial charge in [-0.15, -0.1) is 0 Å². The van der Waals surface area contributed by atoms with Crippen LogP contribution in [0.1, 0.15) is 26.3 Å². The van der Waals surface area contributed by atoms with E-state index in [1.165, 1.54) is 5.56 Å². The molecular weight excluding hydrogens is 274 g/mol. The van der Waals surface area contributed by atoms with Crippen LogP contribution < -0.4 is 0 Å². The SMILES string of the molecule is CC(C)(C)c1ccc(-c2cccc(Br)c2)nc1. The Labute approximate surface area is 111 Å². The third-order valence-electron chi connectivity index (χ3n) is 2.75. The van der Waals surface area contributed by atoms with E-state index in [2.05, 4.69) is 66.0 Å². The van der Waals surface area contributed by atoms with Crippen molar-refractivity contribution in [3.8, 4) is 11.3 Å². The lowest BCUT2D eigenvalue weighted by Crippen LogP contribution is -2.11. The normalized spacial score (nSPS) is 11.5. The third-order valence-corrected chi connectivity index (χ3v) is 3.24. The van der Waals surface area contributed by atoms with Gasteiger partial charge < -0.3 is 0 Å². The molecule has 17 heavy (non-hydrogen) atoms. The van der Waals surface area contributed by atoms with Crippen LogP contribution in [-0.4, -0.2) is 4.98 Å². The Balaban J connectivity index is 2.36. The quantitative estimate of drug-likeness (QED) is 0.734. The second-order valence-electron chi connectivity index (χ2n) is 5.19. The molecule has 0 spiro atoms. The van der Waals surface area contributed by atoms with Crippen LogP contribution in [0.5, 0.6) is 0 Å². The molecule has 88 valence electrons. The van der Waals surface area contributed by atoms with Crippen molar-refractivity contribution in [2.45, 2.75) is 26.2 Å². The van der Waals surface area contributed by atoms with Crippen LogP contribution in [0.2, 0.25) is 0 Å². The predicted molar refractivity (Wildman–Crippen MR) is 76.1 cm³/mol. The van der Waals surface area contributed by atoms with Crippen LogP contribution in [0.4, 0.5) is 0 Å². The molecular formula is C15H16BrN. The lowest BCUT2D eigenvalue weighted by molar-refractivity contribution is 0.587. The summed E-state index contributed by atoms with van der Waals surface area (Å²) in [5.74, 6) is 0. The van der Waals surface area contributed by atoms with Crippen molar-refractivity contribution < 1.29 is 0 Å². The van der Waals surface area contributed by atoms with Crippen molar-refractivity contribution in [3.63, 3.8) is 0 Å². The lowest BCUT2D eigenvalue weighted by Gasteiger charge is -2.18. The molecule has 2 rings (SSSR count). The van der Waals surface area contributed by atoms with Gasteiger partial charge in [0, 0.05) is 16.2 Å². The zero-order chi connectivity index (χ0) is 12.5. The van der Waals surface area contributed by atoms with Crippen LogP contribution in [-0.2, 0) is 5.41 Å². The summed E-state index contributed by atoms with van der Waals surface area (Å²) >= 11 is 3.48. The molecule has 1 nitrogen and oxygen atoms in total. The summed E-state index contributed by atoms with van der Waals surface area (Å²) in [5.41, 5.74) is 3.57. The topological polar surface area (TPSA) is 12.9 Å². The summed E-state index contributed by atoms with van der Waals surface area (Å²) in [6.07, 6.45) is 1.97. The first kappa shape index (κ1) is 12.3. The second kappa shape index (κ2) is 4.61. The van der Waals surface area contributed by atoms with E-state index in [-0.39, 0.29) is 5.41 Å². The molecule has 1 aromatic carbocycles. The molecule has 0 saturated carbocycles. The average molecular weight is 290 g/mol. The summed E-state index contributed by atoms with van der Waals surface area (Å²) in [7, 11) is 0. The summed E-state index contributed by atoms with van der Waals surface area (Å²) in [5, 5.41) is 0. The van der Waals surface area contributed by atoms with E-state index in [4.69, 9.17) is 0 Å². The van der Waals surface area contributed by atoms with E-state index in [0.29, 0.717) is 0 Å². The smallest absolute Gasteiger partial charge is 0.0702 e. The molecule has 0 amide bonds. The molecule has 0 saturated heterocycles. The highest BCUT2D eigenvalue weighted by atomic mass is 79.9. The van der Waals surface area contributed by atoms with Gasteiger partial charge >= 0.3 is 0 Å². The Hall–Kier alpha value is -1.15. The highest BCUT2D eigenvalue weighted by Gasteiger charge is 2.13. The molecule has 2 heteroatoms. The maximum absolute atomic E-state index is 4.54. The maximum atomic E-state index is 4.54. The third kappa shape index (κ3) is 2.95. The largest absolute Gasteiger partial charge is 0.256 e. The number of nitrogens with zero attached hydrogens (tertiary/aromatic N) is 1. The molecule has 1 heterocycles. The fourth-order valence-corrected chi connectivity index (χ4v) is 2.06. The molecule has 0 radical (unpaired) electrons. The summed E-state index contributed by atoms with van der Waals surface area (Å²) in [4.78, 5) is 4.54. The van der Waals surface area contributed by atoms with Crippen molar-refractivity contribution >= 4 is 15.9 Å². The molecule has 0 aliphatic carbocycles. The zero-order valence-electron chi connectivity index (χ0n) is 10.4. The van der Waals surface area contributed by atoms with E-state index < -0.39 is 0 Å². The van der Waals surface area contributed by atoms with Gasteiger partial charge in [0.15, 0.2) is 0 Å². The van der Waals surface area contributed by atoms with Crippen molar-refractivity contribution in [1.82, 2.24) is 4.98 Å². The summed E-state index contributed by atoms with van der Waals surface area (Å²) < 4.78 is 1.08. The zero-order valence-corrected chi connectivity index (χ0v) is 12.0. The fraction of sp³-hybridized carbons (Fsp3) is 0.267. The van der Waals surface area contributed by atoms with E-state index in [1.54, 1.807) is 0 Å². The van der Waals surface area contributed by atoms with Crippen molar-refractivity contribution in [1.29, 1.82) is 0 Å². The molecule has 0 atom stereocenters. The van der Waals surface area contributed by atoms with Gasteiger partial charge in [-0.25, -0.2) is 0 Å². The number of aromatic nitrogens is 1. The molecule has 2 aromatic rings. The highest BCUT2D eigenvalue weighted by molar-refractivity contribution is 9.10.